The number of aromatic nitrogens is 5. The van der Waals surface area contributed by atoms with Crippen molar-refractivity contribution in [2.75, 3.05) is 13.2 Å². The number of tetrazole rings is 1. The van der Waals surface area contributed by atoms with Gasteiger partial charge in [-0.3, -0.25) is 4.98 Å². The summed E-state index contributed by atoms with van der Waals surface area (Å²) >= 11 is 0. The minimum atomic E-state index is -0.328. The summed E-state index contributed by atoms with van der Waals surface area (Å²) < 4.78 is 7.48. The average molecular weight is 394 g/mol. The fourth-order valence-electron chi connectivity index (χ4n) is 3.52. The Morgan fingerprint density at radius 3 is 2.97 bits per heavy atom. The van der Waals surface area contributed by atoms with Gasteiger partial charge >= 0.3 is 0 Å². The lowest BCUT2D eigenvalue weighted by molar-refractivity contribution is 0.356. The average Bonchev–Trinajstić information content (AvgIpc) is 3.14. The van der Waals surface area contributed by atoms with Gasteiger partial charge in [0.05, 0.1) is 24.0 Å². The molecule has 0 bridgehead atoms. The first-order chi connectivity index (χ1) is 14.2. The molecule has 152 valence electrons. The van der Waals surface area contributed by atoms with Gasteiger partial charge in [0.25, 0.3) is 0 Å². The largest absolute Gasteiger partial charge is 0.491 e. The highest BCUT2D eigenvalue weighted by Crippen LogP contribution is 2.36. The van der Waals surface area contributed by atoms with Crippen LogP contribution in [0.1, 0.15) is 68.8 Å². The van der Waals surface area contributed by atoms with E-state index in [0.29, 0.717) is 19.6 Å². The number of hydrogen-bond donors (Lipinski definition) is 1. The number of ether oxygens (including phenoxy) is 1. The van der Waals surface area contributed by atoms with Gasteiger partial charge < -0.3 is 10.1 Å². The second-order valence-electron chi connectivity index (χ2n) is 7.54. The van der Waals surface area contributed by atoms with Crippen molar-refractivity contribution in [2.24, 2.45) is 10.2 Å². The van der Waals surface area contributed by atoms with Gasteiger partial charge in [-0.25, -0.2) is 4.68 Å². The molecule has 4 rings (SSSR count). The number of pyridine rings is 1. The van der Waals surface area contributed by atoms with E-state index in [2.05, 4.69) is 50.8 Å². The van der Waals surface area contributed by atoms with E-state index >= 15 is 0 Å². The van der Waals surface area contributed by atoms with E-state index in [1.165, 1.54) is 0 Å². The van der Waals surface area contributed by atoms with Crippen molar-refractivity contribution in [3.05, 3.63) is 29.3 Å². The Morgan fingerprint density at radius 1 is 1.34 bits per heavy atom. The molecule has 2 aromatic rings. The van der Waals surface area contributed by atoms with E-state index in [1.54, 1.807) is 0 Å². The Bertz CT molecular complexity index is 925. The Balaban J connectivity index is 1.55. The second kappa shape index (κ2) is 8.25. The molecule has 0 saturated carbocycles. The molecule has 9 nitrogen and oxygen atoms in total. The smallest absolute Gasteiger partial charge is 0.193 e. The molecule has 2 unspecified atom stereocenters. The molecule has 4 heterocycles. The van der Waals surface area contributed by atoms with Crippen LogP contribution in [0.2, 0.25) is 0 Å². The maximum atomic E-state index is 5.61. The number of nitrogens with one attached hydrogen (secondary N) is 1. The van der Waals surface area contributed by atoms with Crippen LogP contribution in [0.15, 0.2) is 22.4 Å². The van der Waals surface area contributed by atoms with Gasteiger partial charge in [-0.05, 0) is 35.9 Å². The van der Waals surface area contributed by atoms with Gasteiger partial charge in [0.1, 0.15) is 11.8 Å². The lowest BCUT2D eigenvalue weighted by Crippen LogP contribution is -2.31. The van der Waals surface area contributed by atoms with Crippen LogP contribution in [0.4, 0.5) is 0 Å². The highest BCUT2D eigenvalue weighted by atomic mass is 16.5. The van der Waals surface area contributed by atoms with E-state index in [1.807, 2.05) is 16.8 Å². The van der Waals surface area contributed by atoms with Gasteiger partial charge in [0, 0.05) is 32.2 Å². The van der Waals surface area contributed by atoms with Crippen LogP contribution in [0.3, 0.4) is 0 Å². The third-order valence-corrected chi connectivity index (χ3v) is 5.56. The number of hydrogen-bond acceptors (Lipinski definition) is 8. The van der Waals surface area contributed by atoms with Gasteiger partial charge in [0.15, 0.2) is 11.5 Å². The van der Waals surface area contributed by atoms with Crippen LogP contribution in [0.5, 0.6) is 5.75 Å². The Kier molecular flexibility index (Phi) is 5.53. The van der Waals surface area contributed by atoms with Gasteiger partial charge in [-0.1, -0.05) is 6.92 Å². The van der Waals surface area contributed by atoms with E-state index in [0.717, 1.165) is 48.6 Å². The molecule has 0 spiro atoms. The SMILES string of the molecule is C#CCCC1(CCNC(c2ccc3c(n2)CCO3)c2nnnn2C(C)CC)N=N1. The minimum absolute atomic E-state index is 0.192. The summed E-state index contributed by atoms with van der Waals surface area (Å²) in [6.45, 7) is 5.60. The predicted molar refractivity (Wildman–Crippen MR) is 106 cm³/mol. The van der Waals surface area contributed by atoms with Gasteiger partial charge in [0.2, 0.25) is 0 Å². The molecule has 0 fully saturated rings. The fourth-order valence-corrected chi connectivity index (χ4v) is 3.52. The summed E-state index contributed by atoms with van der Waals surface area (Å²) in [5.41, 5.74) is 1.54. The molecule has 0 amide bonds. The molecule has 9 heteroatoms. The minimum Gasteiger partial charge on any atom is -0.491 e. The maximum absolute atomic E-state index is 5.61. The first kappa shape index (κ1) is 19.5. The Morgan fingerprint density at radius 2 is 2.21 bits per heavy atom. The number of terminal acetylenes is 1. The summed E-state index contributed by atoms with van der Waals surface area (Å²) in [4.78, 5) is 4.85. The summed E-state index contributed by atoms with van der Waals surface area (Å²) in [5.74, 6) is 4.29. The van der Waals surface area contributed by atoms with Crippen molar-refractivity contribution in [3.63, 3.8) is 0 Å². The fraction of sp³-hybridized carbons (Fsp3) is 0.600. The zero-order valence-electron chi connectivity index (χ0n) is 16.9. The lowest BCUT2D eigenvalue weighted by Gasteiger charge is -2.21. The molecule has 2 aromatic heterocycles. The molecule has 2 atom stereocenters. The molecule has 0 radical (unpaired) electrons. The molecular formula is C20H26N8O. The lowest BCUT2D eigenvalue weighted by atomic mass is 10.0. The van der Waals surface area contributed by atoms with Crippen LogP contribution in [0, 0.1) is 12.3 Å². The number of rotatable bonds is 10. The van der Waals surface area contributed by atoms with Gasteiger partial charge in [-0.15, -0.1) is 17.4 Å². The highest BCUT2D eigenvalue weighted by molar-refractivity contribution is 5.34. The highest BCUT2D eigenvalue weighted by Gasteiger charge is 2.39. The molecule has 29 heavy (non-hydrogen) atoms. The van der Waals surface area contributed by atoms with Crippen molar-refractivity contribution < 1.29 is 4.74 Å². The molecule has 2 aliphatic heterocycles. The van der Waals surface area contributed by atoms with E-state index in [4.69, 9.17) is 16.1 Å². The standard InChI is InChI=1S/C20H26N8O/c1-4-6-10-20(24-25-20)11-12-21-18(19-23-26-27-28(19)14(3)5-2)16-7-8-17-15(22-16)9-13-29-17/h1,7-8,14,18,21H,5-6,9-13H2,2-3H3. The van der Waals surface area contributed by atoms with Crippen LogP contribution in [0.25, 0.3) is 0 Å². The second-order valence-corrected chi connectivity index (χ2v) is 7.54. The van der Waals surface area contributed by atoms with E-state index in [9.17, 15) is 0 Å². The first-order valence-electron chi connectivity index (χ1n) is 10.2. The van der Waals surface area contributed by atoms with Crippen molar-refractivity contribution >= 4 is 0 Å². The van der Waals surface area contributed by atoms with Crippen molar-refractivity contribution in [2.45, 2.75) is 63.7 Å². The molecule has 2 aliphatic rings. The van der Waals surface area contributed by atoms with Crippen molar-refractivity contribution in [3.8, 4) is 18.1 Å². The third kappa shape index (κ3) is 4.12. The molecular weight excluding hydrogens is 368 g/mol. The van der Waals surface area contributed by atoms with E-state index < -0.39 is 0 Å². The Labute approximate surface area is 170 Å². The molecule has 0 aliphatic carbocycles. The summed E-state index contributed by atoms with van der Waals surface area (Å²) in [6.07, 6.45) is 9.39. The summed E-state index contributed by atoms with van der Waals surface area (Å²) in [5, 5.41) is 24.5. The molecule has 0 aromatic carbocycles. The topological polar surface area (TPSA) is 102 Å². The van der Waals surface area contributed by atoms with Crippen LogP contribution >= 0.6 is 0 Å². The first-order valence-corrected chi connectivity index (χ1v) is 10.2. The van der Waals surface area contributed by atoms with Crippen LogP contribution in [-0.4, -0.2) is 44.0 Å². The molecule has 1 N–H and O–H groups in total. The zero-order valence-corrected chi connectivity index (χ0v) is 16.9. The van der Waals surface area contributed by atoms with Crippen LogP contribution in [-0.2, 0) is 6.42 Å². The monoisotopic (exact) mass is 394 g/mol. The summed E-state index contributed by atoms with van der Waals surface area (Å²) in [6, 6.07) is 3.93. The Hall–Kier alpha value is -2.86. The van der Waals surface area contributed by atoms with Crippen molar-refractivity contribution in [1.82, 2.24) is 30.5 Å². The predicted octanol–water partition coefficient (Wildman–Crippen LogP) is 2.62. The zero-order chi connectivity index (χ0) is 20.3. The quantitative estimate of drug-likeness (QED) is 0.622. The molecule has 0 saturated heterocycles. The van der Waals surface area contributed by atoms with E-state index in [-0.39, 0.29) is 17.7 Å². The number of nitrogens with zero attached hydrogens (tertiary/aromatic N) is 7. The maximum Gasteiger partial charge on any atom is 0.193 e. The van der Waals surface area contributed by atoms with Gasteiger partial charge in [-0.2, -0.15) is 10.2 Å². The normalized spacial score (nSPS) is 18.0. The third-order valence-electron chi connectivity index (χ3n) is 5.56. The summed E-state index contributed by atoms with van der Waals surface area (Å²) in [7, 11) is 0. The van der Waals surface area contributed by atoms with Crippen molar-refractivity contribution in [1.29, 1.82) is 0 Å². The number of fused-ring (bicyclic) bond motifs is 1. The van der Waals surface area contributed by atoms with Crippen LogP contribution < -0.4 is 10.1 Å².